The van der Waals surface area contributed by atoms with E-state index in [4.69, 9.17) is 9.72 Å². The first-order valence-corrected chi connectivity index (χ1v) is 12.4. The van der Waals surface area contributed by atoms with Gasteiger partial charge >= 0.3 is 0 Å². The van der Waals surface area contributed by atoms with Crippen LogP contribution in [0.2, 0.25) is 0 Å². The van der Waals surface area contributed by atoms with Crippen molar-refractivity contribution in [3.63, 3.8) is 0 Å². The van der Waals surface area contributed by atoms with Crippen molar-refractivity contribution < 1.29 is 9.13 Å². The molecule has 1 aliphatic heterocycles. The van der Waals surface area contributed by atoms with Crippen molar-refractivity contribution in [2.45, 2.75) is 23.1 Å². The molecule has 0 radical (unpaired) electrons. The zero-order valence-electron chi connectivity index (χ0n) is 17.8. The molecule has 1 fully saturated rings. The molecule has 0 unspecified atom stereocenters. The lowest BCUT2D eigenvalue weighted by molar-refractivity contribution is 0.343. The van der Waals surface area contributed by atoms with Gasteiger partial charge in [-0.1, -0.05) is 0 Å². The van der Waals surface area contributed by atoms with Crippen LogP contribution in [0.25, 0.3) is 21.3 Å². The maximum absolute atomic E-state index is 13.8. The lowest BCUT2D eigenvalue weighted by atomic mass is 10.1. The smallest absolute Gasteiger partial charge is 0.227 e. The number of fused-ring (bicyclic) bond motifs is 1. The van der Waals surface area contributed by atoms with Crippen molar-refractivity contribution in [3.05, 3.63) is 42.6 Å². The highest BCUT2D eigenvalue weighted by Crippen LogP contribution is 2.45. The van der Waals surface area contributed by atoms with Crippen LogP contribution in [0, 0.1) is 5.82 Å². The fourth-order valence-electron chi connectivity index (χ4n) is 3.99. The van der Waals surface area contributed by atoms with Crippen molar-refractivity contribution in [3.8, 4) is 16.9 Å². The molecule has 1 saturated heterocycles. The minimum Gasteiger partial charge on any atom is -0.496 e. The zero-order chi connectivity index (χ0) is 22.1. The Labute approximate surface area is 193 Å². The first-order valence-electron chi connectivity index (χ1n) is 10.4. The van der Waals surface area contributed by atoms with Crippen LogP contribution in [-0.4, -0.2) is 46.2 Å². The van der Waals surface area contributed by atoms with E-state index in [0.717, 1.165) is 57.2 Å². The van der Waals surface area contributed by atoms with Gasteiger partial charge in [0.25, 0.3) is 0 Å². The fourth-order valence-corrected chi connectivity index (χ4v) is 5.86. The van der Waals surface area contributed by atoms with Gasteiger partial charge < -0.3 is 15.4 Å². The van der Waals surface area contributed by atoms with Gasteiger partial charge in [0.05, 0.1) is 45.7 Å². The predicted octanol–water partition coefficient (Wildman–Crippen LogP) is 5.09. The molecule has 0 atom stereocenters. The third-order valence-electron chi connectivity index (χ3n) is 5.56. The third kappa shape index (κ3) is 4.05. The van der Waals surface area contributed by atoms with Crippen LogP contribution in [0.4, 0.5) is 16.0 Å². The van der Waals surface area contributed by atoms with Crippen LogP contribution < -0.4 is 15.4 Å². The second-order valence-corrected chi connectivity index (χ2v) is 9.66. The Bertz CT molecular complexity index is 1250. The number of piperidine rings is 1. The number of nitrogens with one attached hydrogen (secondary N) is 2. The summed E-state index contributed by atoms with van der Waals surface area (Å²) in [6.07, 6.45) is 9.80. The van der Waals surface area contributed by atoms with E-state index in [1.807, 2.05) is 23.3 Å². The summed E-state index contributed by atoms with van der Waals surface area (Å²) in [5.74, 6) is 0.644. The Balaban J connectivity index is 1.50. The Kier molecular flexibility index (Phi) is 5.99. The SMILES string of the molecule is COc1cc(F)ccc1-c1c(SC)sc2cnc(Nc3cnn(C4CCNCC4)c3)nc12. The van der Waals surface area contributed by atoms with E-state index in [0.29, 0.717) is 17.7 Å². The standard InChI is InChI=1S/C22H23FN6OS2/c1-30-17-9-13(23)3-4-16(17)19-20-18(32-21(19)31-2)11-25-22(28-20)27-14-10-26-29(12-14)15-5-7-24-8-6-15/h3-4,9-12,15,24H,5-8H2,1-2H3,(H,25,27,28). The molecular weight excluding hydrogens is 447 g/mol. The minimum atomic E-state index is -0.335. The maximum atomic E-state index is 13.8. The van der Waals surface area contributed by atoms with Gasteiger partial charge in [-0.2, -0.15) is 5.10 Å². The topological polar surface area (TPSA) is 76.9 Å². The van der Waals surface area contributed by atoms with Gasteiger partial charge in [-0.15, -0.1) is 23.1 Å². The van der Waals surface area contributed by atoms with Crippen LogP contribution in [-0.2, 0) is 0 Å². The molecular formula is C22H23FN6OS2. The van der Waals surface area contributed by atoms with Gasteiger partial charge in [-0.05, 0) is 44.3 Å². The Morgan fingerprint density at radius 1 is 1.28 bits per heavy atom. The summed E-state index contributed by atoms with van der Waals surface area (Å²) in [4.78, 5) is 9.32. The average molecular weight is 471 g/mol. The van der Waals surface area contributed by atoms with Gasteiger partial charge in [0.1, 0.15) is 11.6 Å². The van der Waals surface area contributed by atoms with Gasteiger partial charge in [0.2, 0.25) is 5.95 Å². The predicted molar refractivity (Wildman–Crippen MR) is 128 cm³/mol. The number of thioether (sulfide) groups is 1. The van der Waals surface area contributed by atoms with Crippen LogP contribution in [0.15, 0.2) is 41.0 Å². The van der Waals surface area contributed by atoms with Crippen LogP contribution in [0.5, 0.6) is 5.75 Å². The molecule has 3 aromatic heterocycles. The number of anilines is 2. The molecule has 166 valence electrons. The monoisotopic (exact) mass is 470 g/mol. The highest BCUT2D eigenvalue weighted by atomic mass is 32.2. The average Bonchev–Trinajstić information content (AvgIpc) is 3.44. The van der Waals surface area contributed by atoms with Gasteiger partial charge in [0.15, 0.2) is 0 Å². The Morgan fingerprint density at radius 3 is 2.91 bits per heavy atom. The van der Waals surface area contributed by atoms with E-state index in [1.165, 1.54) is 12.1 Å². The molecule has 32 heavy (non-hydrogen) atoms. The number of hydrogen-bond donors (Lipinski definition) is 2. The van der Waals surface area contributed by atoms with Crippen molar-refractivity contribution in [1.82, 2.24) is 25.1 Å². The van der Waals surface area contributed by atoms with Crippen molar-refractivity contribution in [2.75, 3.05) is 31.8 Å². The van der Waals surface area contributed by atoms with Gasteiger partial charge in [-0.25, -0.2) is 14.4 Å². The summed E-state index contributed by atoms with van der Waals surface area (Å²) >= 11 is 3.25. The van der Waals surface area contributed by atoms with E-state index in [2.05, 4.69) is 20.7 Å². The summed E-state index contributed by atoms with van der Waals surface area (Å²) in [6, 6.07) is 5.00. The normalized spacial score (nSPS) is 14.7. The largest absolute Gasteiger partial charge is 0.496 e. The Hall–Kier alpha value is -2.69. The quantitative estimate of drug-likeness (QED) is 0.380. The molecule has 4 heterocycles. The number of nitrogens with zero attached hydrogens (tertiary/aromatic N) is 4. The number of benzene rings is 1. The molecule has 5 rings (SSSR count). The van der Waals surface area contributed by atoms with E-state index in [1.54, 1.807) is 42.5 Å². The number of methoxy groups -OCH3 is 1. The lowest BCUT2D eigenvalue weighted by Gasteiger charge is -2.22. The summed E-state index contributed by atoms with van der Waals surface area (Å²) in [5, 5.41) is 11.2. The van der Waals surface area contributed by atoms with Gasteiger partial charge in [-0.3, -0.25) is 4.68 Å². The fraction of sp³-hybridized carbons (Fsp3) is 0.318. The van der Waals surface area contributed by atoms with Crippen molar-refractivity contribution in [2.24, 2.45) is 0 Å². The molecule has 0 saturated carbocycles. The summed E-state index contributed by atoms with van der Waals surface area (Å²) in [7, 11) is 1.55. The number of thiophene rings is 1. The Morgan fingerprint density at radius 2 is 2.12 bits per heavy atom. The molecule has 1 aromatic carbocycles. The lowest BCUT2D eigenvalue weighted by Crippen LogP contribution is -2.29. The zero-order valence-corrected chi connectivity index (χ0v) is 19.4. The van der Waals surface area contributed by atoms with Crippen molar-refractivity contribution >= 4 is 45.0 Å². The highest BCUT2D eigenvalue weighted by molar-refractivity contribution is 8.00. The van der Waals surface area contributed by atoms with E-state index >= 15 is 0 Å². The number of rotatable bonds is 6. The van der Waals surface area contributed by atoms with Crippen LogP contribution in [0.1, 0.15) is 18.9 Å². The second kappa shape index (κ2) is 9.05. The molecule has 0 bridgehead atoms. The van der Waals surface area contributed by atoms with Gasteiger partial charge in [0, 0.05) is 23.4 Å². The highest BCUT2D eigenvalue weighted by Gasteiger charge is 2.20. The second-order valence-electron chi connectivity index (χ2n) is 7.53. The third-order valence-corrected chi connectivity index (χ3v) is 7.79. The summed E-state index contributed by atoms with van der Waals surface area (Å²) in [5.41, 5.74) is 3.41. The molecule has 0 spiro atoms. The summed E-state index contributed by atoms with van der Waals surface area (Å²) in [6.45, 7) is 2.03. The molecule has 4 aromatic rings. The van der Waals surface area contributed by atoms with Crippen LogP contribution >= 0.6 is 23.1 Å². The molecule has 0 aliphatic carbocycles. The van der Waals surface area contributed by atoms with Crippen molar-refractivity contribution in [1.29, 1.82) is 0 Å². The van der Waals surface area contributed by atoms with E-state index in [-0.39, 0.29) is 5.82 Å². The number of hydrogen-bond acceptors (Lipinski definition) is 8. The molecule has 10 heteroatoms. The first kappa shape index (κ1) is 21.2. The van der Waals surface area contributed by atoms with E-state index < -0.39 is 0 Å². The number of aromatic nitrogens is 4. The maximum Gasteiger partial charge on any atom is 0.227 e. The molecule has 1 aliphatic rings. The number of ether oxygens (including phenoxy) is 1. The summed E-state index contributed by atoms with van der Waals surface area (Å²) < 4.78 is 23.3. The minimum absolute atomic E-state index is 0.335. The van der Waals surface area contributed by atoms with Crippen LogP contribution in [0.3, 0.4) is 0 Å². The molecule has 0 amide bonds. The van der Waals surface area contributed by atoms with E-state index in [9.17, 15) is 4.39 Å². The molecule has 2 N–H and O–H groups in total. The first-order chi connectivity index (χ1) is 15.7. The molecule has 7 nitrogen and oxygen atoms in total. The number of halogens is 1.